The Labute approximate surface area is 118 Å². The Balaban J connectivity index is 1.96. The maximum atomic E-state index is 13.2. The van der Waals surface area contributed by atoms with Gasteiger partial charge in [0, 0.05) is 19.5 Å². The molecule has 1 aliphatic heterocycles. The Morgan fingerprint density at radius 3 is 2.80 bits per heavy atom. The highest BCUT2D eigenvalue weighted by Crippen LogP contribution is 2.16. The van der Waals surface area contributed by atoms with Crippen LogP contribution >= 0.6 is 0 Å². The fourth-order valence-corrected chi connectivity index (χ4v) is 2.50. The maximum absolute atomic E-state index is 13.2. The Kier molecular flexibility index (Phi) is 5.06. The summed E-state index contributed by atoms with van der Waals surface area (Å²) in [6, 6.07) is 3.78. The van der Waals surface area contributed by atoms with Gasteiger partial charge in [-0.1, -0.05) is 6.07 Å². The van der Waals surface area contributed by atoms with Crippen LogP contribution in [0.15, 0.2) is 18.2 Å². The van der Waals surface area contributed by atoms with Gasteiger partial charge in [0.1, 0.15) is 0 Å². The van der Waals surface area contributed by atoms with Gasteiger partial charge in [-0.2, -0.15) is 0 Å². The van der Waals surface area contributed by atoms with Gasteiger partial charge in [0.05, 0.1) is 0 Å². The predicted octanol–water partition coefficient (Wildman–Crippen LogP) is 2.31. The summed E-state index contributed by atoms with van der Waals surface area (Å²) >= 11 is 0. The zero-order valence-electron chi connectivity index (χ0n) is 11.7. The van der Waals surface area contributed by atoms with E-state index in [0.29, 0.717) is 31.0 Å². The van der Waals surface area contributed by atoms with E-state index in [9.17, 15) is 13.6 Å². The zero-order valence-corrected chi connectivity index (χ0v) is 11.7. The molecule has 1 aliphatic rings. The molecule has 1 saturated heterocycles. The molecule has 1 amide bonds. The summed E-state index contributed by atoms with van der Waals surface area (Å²) in [5.41, 5.74) is 0.614. The number of benzene rings is 1. The first-order chi connectivity index (χ1) is 9.60. The summed E-state index contributed by atoms with van der Waals surface area (Å²) in [6.45, 7) is 4.64. The second-order valence-corrected chi connectivity index (χ2v) is 5.22. The number of amides is 1. The molecule has 1 N–H and O–H groups in total. The van der Waals surface area contributed by atoms with Crippen LogP contribution in [0.2, 0.25) is 0 Å². The number of hydrogen-bond acceptors (Lipinski definition) is 2. The highest BCUT2D eigenvalue weighted by molar-refractivity contribution is 5.76. The molecule has 1 heterocycles. The van der Waals surface area contributed by atoms with Crippen molar-refractivity contribution >= 4 is 5.91 Å². The van der Waals surface area contributed by atoms with Crippen LogP contribution in [0.1, 0.15) is 25.3 Å². The minimum absolute atomic E-state index is 0.0749. The molecule has 1 aromatic carbocycles. The normalized spacial score (nSPS) is 18.2. The third-order valence-corrected chi connectivity index (χ3v) is 3.72. The highest BCUT2D eigenvalue weighted by Gasteiger charge is 2.21. The van der Waals surface area contributed by atoms with Crippen LogP contribution in [-0.4, -0.2) is 30.4 Å². The van der Waals surface area contributed by atoms with Gasteiger partial charge in [-0.25, -0.2) is 8.78 Å². The number of rotatable bonds is 5. The van der Waals surface area contributed by atoms with Crippen LogP contribution in [0.4, 0.5) is 8.78 Å². The molecular weight excluding hydrogens is 262 g/mol. The lowest BCUT2D eigenvalue weighted by atomic mass is 10.0. The van der Waals surface area contributed by atoms with Crippen molar-refractivity contribution < 1.29 is 13.6 Å². The SMILES string of the molecule is CCN(Cc1ccc(F)c(F)c1)C(=O)CC1CCNC1. The van der Waals surface area contributed by atoms with Gasteiger partial charge in [0.25, 0.3) is 0 Å². The maximum Gasteiger partial charge on any atom is 0.223 e. The summed E-state index contributed by atoms with van der Waals surface area (Å²) in [5.74, 6) is -1.27. The topological polar surface area (TPSA) is 32.3 Å². The van der Waals surface area contributed by atoms with E-state index in [1.165, 1.54) is 6.07 Å². The van der Waals surface area contributed by atoms with Crippen molar-refractivity contribution in [1.82, 2.24) is 10.2 Å². The fraction of sp³-hybridized carbons (Fsp3) is 0.533. The molecule has 0 aromatic heterocycles. The van der Waals surface area contributed by atoms with E-state index in [-0.39, 0.29) is 5.91 Å². The first-order valence-corrected chi connectivity index (χ1v) is 7.02. The van der Waals surface area contributed by atoms with Crippen LogP contribution < -0.4 is 5.32 Å². The summed E-state index contributed by atoms with van der Waals surface area (Å²) in [4.78, 5) is 13.9. The molecule has 0 spiro atoms. The Morgan fingerprint density at radius 2 is 2.20 bits per heavy atom. The van der Waals surface area contributed by atoms with Crippen molar-refractivity contribution in [2.75, 3.05) is 19.6 Å². The molecule has 2 rings (SSSR count). The molecule has 0 aliphatic carbocycles. The molecule has 110 valence electrons. The minimum Gasteiger partial charge on any atom is -0.339 e. The molecule has 3 nitrogen and oxygen atoms in total. The lowest BCUT2D eigenvalue weighted by Gasteiger charge is -2.22. The van der Waals surface area contributed by atoms with Gasteiger partial charge in [-0.3, -0.25) is 4.79 Å². The first-order valence-electron chi connectivity index (χ1n) is 7.02. The summed E-state index contributed by atoms with van der Waals surface area (Å²) in [7, 11) is 0. The van der Waals surface area contributed by atoms with Crippen molar-refractivity contribution in [1.29, 1.82) is 0 Å². The molecule has 1 unspecified atom stereocenters. The first kappa shape index (κ1) is 14.9. The molecule has 5 heteroatoms. The number of carbonyl (C=O) groups is 1. The fourth-order valence-electron chi connectivity index (χ4n) is 2.50. The lowest BCUT2D eigenvalue weighted by Crippen LogP contribution is -2.32. The number of carbonyl (C=O) groups excluding carboxylic acids is 1. The van der Waals surface area contributed by atoms with E-state index in [0.717, 1.165) is 31.6 Å². The third kappa shape index (κ3) is 3.76. The van der Waals surface area contributed by atoms with E-state index >= 15 is 0 Å². The van der Waals surface area contributed by atoms with Gasteiger partial charge in [-0.05, 0) is 50.0 Å². The molecule has 1 fully saturated rings. The Morgan fingerprint density at radius 1 is 1.40 bits per heavy atom. The number of halogens is 2. The predicted molar refractivity (Wildman–Crippen MR) is 73.0 cm³/mol. The smallest absolute Gasteiger partial charge is 0.223 e. The average Bonchev–Trinajstić information content (AvgIpc) is 2.92. The number of nitrogens with zero attached hydrogens (tertiary/aromatic N) is 1. The zero-order chi connectivity index (χ0) is 14.5. The third-order valence-electron chi connectivity index (χ3n) is 3.72. The van der Waals surface area contributed by atoms with E-state index in [1.54, 1.807) is 4.90 Å². The quantitative estimate of drug-likeness (QED) is 0.899. The van der Waals surface area contributed by atoms with Crippen molar-refractivity contribution in [2.24, 2.45) is 5.92 Å². The minimum atomic E-state index is -0.869. The van der Waals surface area contributed by atoms with Crippen molar-refractivity contribution in [3.8, 4) is 0 Å². The molecule has 1 aromatic rings. The largest absolute Gasteiger partial charge is 0.339 e. The van der Waals surface area contributed by atoms with Crippen LogP contribution in [0.3, 0.4) is 0 Å². The van der Waals surface area contributed by atoms with Crippen molar-refractivity contribution in [3.63, 3.8) is 0 Å². The molecule has 0 bridgehead atoms. The monoisotopic (exact) mass is 282 g/mol. The Bertz CT molecular complexity index is 473. The molecule has 1 atom stereocenters. The van der Waals surface area contributed by atoms with E-state index < -0.39 is 11.6 Å². The summed E-state index contributed by atoms with van der Waals surface area (Å²) in [6.07, 6.45) is 1.54. The van der Waals surface area contributed by atoms with E-state index in [4.69, 9.17) is 0 Å². The van der Waals surface area contributed by atoms with Crippen LogP contribution in [-0.2, 0) is 11.3 Å². The summed E-state index contributed by atoms with van der Waals surface area (Å²) in [5, 5.41) is 3.24. The molecular formula is C15H20F2N2O. The second-order valence-electron chi connectivity index (χ2n) is 5.22. The van der Waals surface area contributed by atoms with Gasteiger partial charge in [-0.15, -0.1) is 0 Å². The second kappa shape index (κ2) is 6.79. The molecule has 0 saturated carbocycles. The van der Waals surface area contributed by atoms with Crippen LogP contribution in [0.5, 0.6) is 0 Å². The average molecular weight is 282 g/mol. The van der Waals surface area contributed by atoms with Gasteiger partial charge >= 0.3 is 0 Å². The molecule has 0 radical (unpaired) electrons. The standard InChI is InChI=1S/C15H20F2N2O/c1-2-19(15(20)8-11-5-6-18-9-11)10-12-3-4-13(16)14(17)7-12/h3-4,7,11,18H,2,5-6,8-10H2,1H3. The van der Waals surface area contributed by atoms with Crippen LogP contribution in [0, 0.1) is 17.6 Å². The van der Waals surface area contributed by atoms with Crippen molar-refractivity contribution in [3.05, 3.63) is 35.4 Å². The lowest BCUT2D eigenvalue weighted by molar-refractivity contribution is -0.132. The van der Waals surface area contributed by atoms with Crippen molar-refractivity contribution in [2.45, 2.75) is 26.3 Å². The Hall–Kier alpha value is -1.49. The number of hydrogen-bond donors (Lipinski definition) is 1. The van der Waals surface area contributed by atoms with Gasteiger partial charge in [0.2, 0.25) is 5.91 Å². The highest BCUT2D eigenvalue weighted by atomic mass is 19.2. The summed E-state index contributed by atoms with van der Waals surface area (Å²) < 4.78 is 26.1. The van der Waals surface area contributed by atoms with Gasteiger partial charge in [0.15, 0.2) is 11.6 Å². The van der Waals surface area contributed by atoms with E-state index in [1.807, 2.05) is 6.92 Å². The van der Waals surface area contributed by atoms with Gasteiger partial charge < -0.3 is 10.2 Å². The van der Waals surface area contributed by atoms with Crippen LogP contribution in [0.25, 0.3) is 0 Å². The number of nitrogens with one attached hydrogen (secondary N) is 1. The van der Waals surface area contributed by atoms with E-state index in [2.05, 4.69) is 5.32 Å². The molecule has 20 heavy (non-hydrogen) atoms.